The fraction of sp³-hybridized carbons (Fsp3) is 0.200. The van der Waals surface area contributed by atoms with E-state index in [1.54, 1.807) is 12.1 Å². The molecule has 4 nitrogen and oxygen atoms in total. The first kappa shape index (κ1) is 18.5. The Hall–Kier alpha value is -1.85. The van der Waals surface area contributed by atoms with Crippen LogP contribution >= 0.6 is 34.8 Å². The molecule has 0 saturated carbocycles. The fourth-order valence-corrected chi connectivity index (χ4v) is 3.91. The molecule has 0 spiro atoms. The number of rotatable bonds is 3. The van der Waals surface area contributed by atoms with Gasteiger partial charge in [0, 0.05) is 52.2 Å². The molecule has 0 atom stereocenters. The average Bonchev–Trinajstić information content (AvgIpc) is 2.66. The molecule has 2 heterocycles. The van der Waals surface area contributed by atoms with E-state index in [1.165, 1.54) is 0 Å². The molecule has 2 aromatic carbocycles. The van der Waals surface area contributed by atoms with Crippen molar-refractivity contribution in [3.63, 3.8) is 0 Å². The van der Waals surface area contributed by atoms with Crippen molar-refractivity contribution in [3.05, 3.63) is 84.7 Å². The van der Waals surface area contributed by atoms with Crippen LogP contribution in [0.2, 0.25) is 15.1 Å². The average molecular weight is 421 g/mol. The Balaban J connectivity index is 1.60. The van der Waals surface area contributed by atoms with Crippen molar-refractivity contribution in [3.8, 4) is 11.4 Å². The summed E-state index contributed by atoms with van der Waals surface area (Å²) in [4.78, 5) is 22.4. The van der Waals surface area contributed by atoms with Crippen LogP contribution in [0.4, 0.5) is 0 Å². The van der Waals surface area contributed by atoms with Crippen LogP contribution in [-0.4, -0.2) is 21.4 Å². The Kier molecular flexibility index (Phi) is 5.24. The first-order chi connectivity index (χ1) is 13.0. The monoisotopic (exact) mass is 419 g/mol. The number of benzene rings is 2. The van der Waals surface area contributed by atoms with Crippen LogP contribution in [0, 0.1) is 0 Å². The lowest BCUT2D eigenvalue weighted by Gasteiger charge is -2.28. The molecule has 0 radical (unpaired) electrons. The second-order valence-corrected chi connectivity index (χ2v) is 7.76. The second-order valence-electron chi connectivity index (χ2n) is 6.51. The lowest BCUT2D eigenvalue weighted by Crippen LogP contribution is -2.35. The summed E-state index contributed by atoms with van der Waals surface area (Å²) in [5.74, 6) is 0.568. The molecule has 1 aliphatic heterocycles. The highest BCUT2D eigenvalue weighted by atomic mass is 35.5. The normalized spacial score (nSPS) is 14.2. The number of aromatic nitrogens is 2. The van der Waals surface area contributed by atoms with Gasteiger partial charge in [0.2, 0.25) is 0 Å². The summed E-state index contributed by atoms with van der Waals surface area (Å²) in [7, 11) is 0. The maximum Gasteiger partial charge on any atom is 0.255 e. The molecule has 1 aliphatic rings. The standard InChI is InChI=1S/C20H16Cl3N3O/c21-13-6-4-12(5-7-13)19-24-18-8-9-26(11-15(18)20(27)25-19)10-14-16(22)2-1-3-17(14)23/h1-7H,8-11H2,(H,24,25,27). The predicted octanol–water partition coefficient (Wildman–Crippen LogP) is 4.96. The summed E-state index contributed by atoms with van der Waals surface area (Å²) in [6.07, 6.45) is 0.696. The molecule has 1 N–H and O–H groups in total. The number of fused-ring (bicyclic) bond motifs is 1. The van der Waals surface area contributed by atoms with Crippen molar-refractivity contribution in [2.24, 2.45) is 0 Å². The number of H-pyrrole nitrogens is 1. The summed E-state index contributed by atoms with van der Waals surface area (Å²) in [5, 5.41) is 1.92. The van der Waals surface area contributed by atoms with Crippen LogP contribution in [0.3, 0.4) is 0 Å². The van der Waals surface area contributed by atoms with Crippen LogP contribution in [0.5, 0.6) is 0 Å². The van der Waals surface area contributed by atoms with Gasteiger partial charge in [0.25, 0.3) is 5.56 Å². The lowest BCUT2D eigenvalue weighted by atomic mass is 10.1. The van der Waals surface area contributed by atoms with Crippen LogP contribution in [0.15, 0.2) is 47.3 Å². The number of hydrogen-bond acceptors (Lipinski definition) is 3. The highest BCUT2D eigenvalue weighted by Gasteiger charge is 2.22. The van der Waals surface area contributed by atoms with Gasteiger partial charge >= 0.3 is 0 Å². The van der Waals surface area contributed by atoms with Gasteiger partial charge in [-0.15, -0.1) is 0 Å². The van der Waals surface area contributed by atoms with Crippen molar-refractivity contribution in [1.29, 1.82) is 0 Å². The van der Waals surface area contributed by atoms with Gasteiger partial charge in [-0.25, -0.2) is 4.98 Å². The van der Waals surface area contributed by atoms with Crippen molar-refractivity contribution < 1.29 is 0 Å². The van der Waals surface area contributed by atoms with E-state index in [0.29, 0.717) is 46.0 Å². The first-order valence-corrected chi connectivity index (χ1v) is 9.68. The van der Waals surface area contributed by atoms with E-state index in [9.17, 15) is 4.79 Å². The zero-order valence-corrected chi connectivity index (χ0v) is 16.6. The third-order valence-electron chi connectivity index (χ3n) is 4.71. The van der Waals surface area contributed by atoms with E-state index in [1.807, 2.05) is 30.3 Å². The van der Waals surface area contributed by atoms with Gasteiger partial charge in [0.15, 0.2) is 0 Å². The van der Waals surface area contributed by atoms with Gasteiger partial charge in [0.1, 0.15) is 5.82 Å². The first-order valence-electron chi connectivity index (χ1n) is 8.54. The summed E-state index contributed by atoms with van der Waals surface area (Å²) in [6.45, 7) is 1.89. The number of aromatic amines is 1. The Labute approximate surface area is 171 Å². The molecule has 0 amide bonds. The molecule has 0 bridgehead atoms. The summed E-state index contributed by atoms with van der Waals surface area (Å²) < 4.78 is 0. The Morgan fingerprint density at radius 1 is 1.04 bits per heavy atom. The van der Waals surface area contributed by atoms with Gasteiger partial charge in [-0.1, -0.05) is 40.9 Å². The largest absolute Gasteiger partial charge is 0.306 e. The van der Waals surface area contributed by atoms with Gasteiger partial charge in [0.05, 0.1) is 11.3 Å². The number of nitrogens with one attached hydrogen (secondary N) is 1. The van der Waals surface area contributed by atoms with Crippen LogP contribution in [0.1, 0.15) is 16.8 Å². The number of hydrogen-bond donors (Lipinski definition) is 1. The highest BCUT2D eigenvalue weighted by molar-refractivity contribution is 6.36. The van der Waals surface area contributed by atoms with Crippen LogP contribution in [-0.2, 0) is 19.5 Å². The lowest BCUT2D eigenvalue weighted by molar-refractivity contribution is 0.242. The third kappa shape index (κ3) is 3.90. The topological polar surface area (TPSA) is 49.0 Å². The maximum absolute atomic E-state index is 12.7. The van der Waals surface area contributed by atoms with E-state index in [4.69, 9.17) is 34.8 Å². The van der Waals surface area contributed by atoms with Gasteiger partial charge < -0.3 is 4.98 Å². The number of nitrogens with zero attached hydrogens (tertiary/aromatic N) is 2. The van der Waals surface area contributed by atoms with E-state index in [2.05, 4.69) is 14.9 Å². The van der Waals surface area contributed by atoms with E-state index < -0.39 is 0 Å². The molecule has 138 valence electrons. The van der Waals surface area contributed by atoms with E-state index >= 15 is 0 Å². The van der Waals surface area contributed by atoms with Crippen molar-refractivity contribution in [2.45, 2.75) is 19.5 Å². The summed E-state index contributed by atoms with van der Waals surface area (Å²) in [6, 6.07) is 12.7. The Bertz CT molecular complexity index is 1030. The molecule has 1 aromatic heterocycles. The molecule has 0 fully saturated rings. The van der Waals surface area contributed by atoms with Crippen molar-refractivity contribution in [1.82, 2.24) is 14.9 Å². The SMILES string of the molecule is O=c1[nH]c(-c2ccc(Cl)cc2)nc2c1CN(Cc1c(Cl)cccc1Cl)CC2. The van der Waals surface area contributed by atoms with Crippen molar-refractivity contribution >= 4 is 34.8 Å². The zero-order valence-electron chi connectivity index (χ0n) is 14.3. The molecule has 0 aliphatic carbocycles. The molecular weight excluding hydrogens is 405 g/mol. The van der Waals surface area contributed by atoms with Crippen LogP contribution < -0.4 is 5.56 Å². The quantitative estimate of drug-likeness (QED) is 0.652. The molecule has 4 rings (SSSR count). The van der Waals surface area contributed by atoms with Crippen LogP contribution in [0.25, 0.3) is 11.4 Å². The molecule has 27 heavy (non-hydrogen) atoms. The van der Waals surface area contributed by atoms with E-state index in [0.717, 1.165) is 23.4 Å². The molecular formula is C20H16Cl3N3O. The van der Waals surface area contributed by atoms with Gasteiger partial charge in [-0.2, -0.15) is 0 Å². The molecule has 0 unspecified atom stereocenters. The van der Waals surface area contributed by atoms with Crippen molar-refractivity contribution in [2.75, 3.05) is 6.54 Å². The second kappa shape index (κ2) is 7.64. The maximum atomic E-state index is 12.7. The molecule has 3 aromatic rings. The molecule has 0 saturated heterocycles. The minimum absolute atomic E-state index is 0.111. The summed E-state index contributed by atoms with van der Waals surface area (Å²) in [5.41, 5.74) is 3.14. The van der Waals surface area contributed by atoms with Gasteiger partial charge in [-0.3, -0.25) is 9.69 Å². The number of halogens is 3. The molecule has 7 heteroatoms. The van der Waals surface area contributed by atoms with E-state index in [-0.39, 0.29) is 5.56 Å². The third-order valence-corrected chi connectivity index (χ3v) is 5.67. The van der Waals surface area contributed by atoms with Gasteiger partial charge in [-0.05, 0) is 36.4 Å². The Morgan fingerprint density at radius 3 is 2.44 bits per heavy atom. The highest BCUT2D eigenvalue weighted by Crippen LogP contribution is 2.27. The zero-order chi connectivity index (χ0) is 19.0. The minimum atomic E-state index is -0.111. The Morgan fingerprint density at radius 2 is 1.74 bits per heavy atom. The predicted molar refractivity (Wildman–Crippen MR) is 110 cm³/mol. The minimum Gasteiger partial charge on any atom is -0.306 e. The summed E-state index contributed by atoms with van der Waals surface area (Å²) >= 11 is 18.5. The fourth-order valence-electron chi connectivity index (χ4n) is 3.27. The smallest absolute Gasteiger partial charge is 0.255 e.